The summed E-state index contributed by atoms with van der Waals surface area (Å²) in [4.78, 5) is 28.9. The molecule has 5 heteroatoms. The zero-order valence-electron chi connectivity index (χ0n) is 13.9. The molecule has 1 aromatic heterocycles. The van der Waals surface area contributed by atoms with Crippen molar-refractivity contribution in [3.05, 3.63) is 21.4 Å². The molecule has 2 aliphatic rings. The Bertz CT molecular complexity index is 576. The van der Waals surface area contributed by atoms with E-state index in [1.165, 1.54) is 10.4 Å². The Morgan fingerprint density at radius 3 is 2.87 bits per heavy atom. The maximum absolute atomic E-state index is 12.5. The standard InChI is InChI=1S/C18H26N2O2S/c1-2-3-8-19-17(21)13-6-7-15-14(11-13)12-16(23-15)18(22)20-9-4-5-10-20/h12-13H,2-11H2,1H3,(H,19,21)/t13-/m1/s1. The Morgan fingerprint density at radius 1 is 1.35 bits per heavy atom. The molecule has 1 atom stereocenters. The molecule has 23 heavy (non-hydrogen) atoms. The van der Waals surface area contributed by atoms with Crippen LogP contribution in [0.1, 0.15) is 59.1 Å². The number of rotatable bonds is 5. The zero-order chi connectivity index (χ0) is 16.2. The third kappa shape index (κ3) is 3.77. The number of carbonyl (C=O) groups is 2. The molecule has 0 unspecified atom stereocenters. The van der Waals surface area contributed by atoms with Gasteiger partial charge in [0.05, 0.1) is 4.88 Å². The molecule has 0 aromatic carbocycles. The quantitative estimate of drug-likeness (QED) is 0.842. The summed E-state index contributed by atoms with van der Waals surface area (Å²) in [6.07, 6.45) is 7.00. The summed E-state index contributed by atoms with van der Waals surface area (Å²) in [7, 11) is 0. The highest BCUT2D eigenvalue weighted by atomic mass is 32.1. The number of carbonyl (C=O) groups excluding carboxylic acids is 2. The molecular formula is C18H26N2O2S. The van der Waals surface area contributed by atoms with Crippen molar-refractivity contribution in [3.8, 4) is 0 Å². The van der Waals surface area contributed by atoms with Gasteiger partial charge in [-0.1, -0.05) is 13.3 Å². The first-order valence-corrected chi connectivity index (χ1v) is 9.69. The van der Waals surface area contributed by atoms with E-state index < -0.39 is 0 Å². The van der Waals surface area contributed by atoms with Crippen LogP contribution in [0, 0.1) is 5.92 Å². The minimum atomic E-state index is 0.0729. The van der Waals surface area contributed by atoms with E-state index >= 15 is 0 Å². The van der Waals surface area contributed by atoms with E-state index in [4.69, 9.17) is 0 Å². The summed E-state index contributed by atoms with van der Waals surface area (Å²) in [5.74, 6) is 0.442. The molecule has 0 saturated carbocycles. The number of unbranched alkanes of at least 4 members (excludes halogenated alkanes) is 1. The van der Waals surface area contributed by atoms with Crippen LogP contribution in [0.25, 0.3) is 0 Å². The molecule has 1 aliphatic heterocycles. The first-order valence-electron chi connectivity index (χ1n) is 8.87. The first-order chi connectivity index (χ1) is 11.2. The maximum Gasteiger partial charge on any atom is 0.263 e. The lowest BCUT2D eigenvalue weighted by molar-refractivity contribution is -0.125. The summed E-state index contributed by atoms with van der Waals surface area (Å²) in [5.41, 5.74) is 1.22. The number of likely N-dealkylation sites (tertiary alicyclic amines) is 1. The fourth-order valence-corrected chi connectivity index (χ4v) is 4.64. The monoisotopic (exact) mass is 334 g/mol. The molecule has 2 amide bonds. The van der Waals surface area contributed by atoms with Crippen LogP contribution in [0.3, 0.4) is 0 Å². The van der Waals surface area contributed by atoms with Crippen molar-refractivity contribution in [2.24, 2.45) is 5.92 Å². The van der Waals surface area contributed by atoms with Crippen LogP contribution in [0.5, 0.6) is 0 Å². The van der Waals surface area contributed by atoms with E-state index in [2.05, 4.69) is 12.2 Å². The van der Waals surface area contributed by atoms with Crippen LogP contribution < -0.4 is 5.32 Å². The molecule has 1 aromatic rings. The number of nitrogens with one attached hydrogen (secondary N) is 1. The van der Waals surface area contributed by atoms with Crippen molar-refractivity contribution < 1.29 is 9.59 Å². The van der Waals surface area contributed by atoms with Crippen LogP contribution in [-0.4, -0.2) is 36.3 Å². The first kappa shape index (κ1) is 16.5. The number of amides is 2. The topological polar surface area (TPSA) is 49.4 Å². The smallest absolute Gasteiger partial charge is 0.263 e. The molecule has 1 fully saturated rings. The Balaban J connectivity index is 1.62. The predicted octanol–water partition coefficient (Wildman–Crippen LogP) is 3.01. The predicted molar refractivity (Wildman–Crippen MR) is 92.9 cm³/mol. The highest BCUT2D eigenvalue weighted by Crippen LogP contribution is 2.33. The van der Waals surface area contributed by atoms with Gasteiger partial charge in [0, 0.05) is 30.4 Å². The minimum absolute atomic E-state index is 0.0729. The normalized spacial score (nSPS) is 20.4. The van der Waals surface area contributed by atoms with E-state index in [-0.39, 0.29) is 17.7 Å². The minimum Gasteiger partial charge on any atom is -0.356 e. The summed E-state index contributed by atoms with van der Waals surface area (Å²) >= 11 is 1.64. The number of hydrogen-bond acceptors (Lipinski definition) is 3. The lowest BCUT2D eigenvalue weighted by Crippen LogP contribution is -2.34. The fraction of sp³-hybridized carbons (Fsp3) is 0.667. The van der Waals surface area contributed by atoms with Gasteiger partial charge >= 0.3 is 0 Å². The number of thiophene rings is 1. The molecular weight excluding hydrogens is 308 g/mol. The summed E-state index contributed by atoms with van der Waals surface area (Å²) in [5, 5.41) is 3.05. The second kappa shape index (κ2) is 7.47. The SMILES string of the molecule is CCCCNC(=O)[C@@H]1CCc2sc(C(=O)N3CCCC3)cc2C1. The molecule has 0 radical (unpaired) electrons. The average molecular weight is 334 g/mol. The van der Waals surface area contributed by atoms with Crippen molar-refractivity contribution in [1.82, 2.24) is 10.2 Å². The highest BCUT2D eigenvalue weighted by Gasteiger charge is 2.28. The van der Waals surface area contributed by atoms with Gasteiger partial charge in [-0.05, 0) is 50.2 Å². The molecule has 1 saturated heterocycles. The Labute approximate surface area is 142 Å². The molecule has 126 valence electrons. The molecule has 2 heterocycles. The number of nitrogens with zero attached hydrogens (tertiary/aromatic N) is 1. The lowest BCUT2D eigenvalue weighted by Gasteiger charge is -2.21. The van der Waals surface area contributed by atoms with Crippen LogP contribution in [0.15, 0.2) is 6.07 Å². The van der Waals surface area contributed by atoms with Crippen LogP contribution >= 0.6 is 11.3 Å². The Morgan fingerprint density at radius 2 is 2.13 bits per heavy atom. The molecule has 0 bridgehead atoms. The largest absolute Gasteiger partial charge is 0.356 e. The van der Waals surface area contributed by atoms with E-state index in [1.807, 2.05) is 11.0 Å². The van der Waals surface area contributed by atoms with Gasteiger partial charge in [-0.3, -0.25) is 9.59 Å². The van der Waals surface area contributed by atoms with E-state index in [0.29, 0.717) is 0 Å². The van der Waals surface area contributed by atoms with Crippen LogP contribution in [0.2, 0.25) is 0 Å². The van der Waals surface area contributed by atoms with Gasteiger partial charge in [0.15, 0.2) is 0 Å². The van der Waals surface area contributed by atoms with Crippen LogP contribution in [-0.2, 0) is 17.6 Å². The number of aryl methyl sites for hydroxylation is 1. The van der Waals surface area contributed by atoms with Crippen molar-refractivity contribution in [2.75, 3.05) is 19.6 Å². The number of fused-ring (bicyclic) bond motifs is 1. The molecule has 1 aliphatic carbocycles. The van der Waals surface area contributed by atoms with Gasteiger partial charge in [0.2, 0.25) is 5.91 Å². The second-order valence-electron chi connectivity index (χ2n) is 6.64. The average Bonchev–Trinajstić information content (AvgIpc) is 3.23. The van der Waals surface area contributed by atoms with Crippen molar-refractivity contribution in [2.45, 2.75) is 51.9 Å². The van der Waals surface area contributed by atoms with Gasteiger partial charge in [-0.15, -0.1) is 11.3 Å². The van der Waals surface area contributed by atoms with E-state index in [1.54, 1.807) is 11.3 Å². The second-order valence-corrected chi connectivity index (χ2v) is 7.78. The maximum atomic E-state index is 12.5. The molecule has 0 spiro atoms. The van der Waals surface area contributed by atoms with E-state index in [0.717, 1.165) is 69.5 Å². The Kier molecular flexibility index (Phi) is 5.36. The summed E-state index contributed by atoms with van der Waals surface area (Å²) in [6, 6.07) is 2.05. The van der Waals surface area contributed by atoms with Crippen molar-refractivity contribution in [3.63, 3.8) is 0 Å². The van der Waals surface area contributed by atoms with Crippen molar-refractivity contribution in [1.29, 1.82) is 0 Å². The molecule has 3 rings (SSSR count). The van der Waals surface area contributed by atoms with Crippen molar-refractivity contribution >= 4 is 23.2 Å². The molecule has 4 nitrogen and oxygen atoms in total. The fourth-order valence-electron chi connectivity index (χ4n) is 3.46. The van der Waals surface area contributed by atoms with Gasteiger partial charge in [-0.2, -0.15) is 0 Å². The highest BCUT2D eigenvalue weighted by molar-refractivity contribution is 7.14. The Hall–Kier alpha value is -1.36. The third-order valence-electron chi connectivity index (χ3n) is 4.89. The van der Waals surface area contributed by atoms with Gasteiger partial charge in [-0.25, -0.2) is 0 Å². The number of hydrogen-bond donors (Lipinski definition) is 1. The third-order valence-corrected chi connectivity index (χ3v) is 6.11. The van der Waals surface area contributed by atoms with Crippen LogP contribution in [0.4, 0.5) is 0 Å². The van der Waals surface area contributed by atoms with Gasteiger partial charge in [0.25, 0.3) is 5.91 Å². The zero-order valence-corrected chi connectivity index (χ0v) is 14.7. The lowest BCUT2D eigenvalue weighted by atomic mass is 9.87. The summed E-state index contributed by atoms with van der Waals surface area (Å²) < 4.78 is 0. The summed E-state index contributed by atoms with van der Waals surface area (Å²) in [6.45, 7) is 4.69. The van der Waals surface area contributed by atoms with Gasteiger partial charge in [0.1, 0.15) is 0 Å². The van der Waals surface area contributed by atoms with E-state index in [9.17, 15) is 9.59 Å². The molecule has 1 N–H and O–H groups in total. The van der Waals surface area contributed by atoms with Gasteiger partial charge < -0.3 is 10.2 Å².